The van der Waals surface area contributed by atoms with E-state index >= 15 is 0 Å². The van der Waals surface area contributed by atoms with Gasteiger partial charge in [-0.25, -0.2) is 4.99 Å². The fourth-order valence-electron chi connectivity index (χ4n) is 6.48. The molecule has 3 aliphatic heterocycles. The highest BCUT2D eigenvalue weighted by molar-refractivity contribution is 7.99. The van der Waals surface area contributed by atoms with Crippen molar-refractivity contribution < 1.29 is 9.59 Å². The second-order valence-electron chi connectivity index (χ2n) is 11.0. The molecule has 2 aromatic rings. The first-order chi connectivity index (χ1) is 18.1. The zero-order valence-corrected chi connectivity index (χ0v) is 22.3. The number of imide groups is 1. The minimum Gasteiger partial charge on any atom is -0.354 e. The van der Waals surface area contributed by atoms with E-state index in [1.54, 1.807) is 16.7 Å². The highest BCUT2D eigenvalue weighted by atomic mass is 32.2. The third kappa shape index (κ3) is 5.21. The predicted octanol–water partition coefficient (Wildman–Crippen LogP) is 5.34. The molecule has 3 fully saturated rings. The topological polar surface area (TPSA) is 56.2 Å². The summed E-state index contributed by atoms with van der Waals surface area (Å²) in [6, 6.07) is 16.9. The van der Waals surface area contributed by atoms with Crippen LogP contribution >= 0.6 is 11.8 Å². The summed E-state index contributed by atoms with van der Waals surface area (Å²) in [5.41, 5.74) is 2.21. The molecule has 1 spiro atoms. The lowest BCUT2D eigenvalue weighted by atomic mass is 9.67. The summed E-state index contributed by atoms with van der Waals surface area (Å²) in [5, 5.41) is 0. The molecular weight excluding hydrogens is 480 g/mol. The van der Waals surface area contributed by atoms with Gasteiger partial charge in [-0.05, 0) is 49.4 Å². The molecule has 0 radical (unpaired) electrons. The third-order valence-electron chi connectivity index (χ3n) is 8.54. The molecule has 0 bridgehead atoms. The zero-order valence-electron chi connectivity index (χ0n) is 21.5. The first-order valence-corrected chi connectivity index (χ1v) is 14.7. The lowest BCUT2D eigenvalue weighted by molar-refractivity contribution is -0.154. The van der Waals surface area contributed by atoms with Gasteiger partial charge in [-0.15, -0.1) is 0 Å². The average molecular weight is 517 g/mol. The van der Waals surface area contributed by atoms with E-state index in [4.69, 9.17) is 4.99 Å². The standard InChI is InChI=1S/C30H36N4O2S/c35-27-21-30(13-6-1-7-14-30)22-28(36)34(27)16-8-15-32-17-19-33(20-18-32)29-23-9-2-4-11-25(23)37-26-12-5-3-10-24(26)31-29/h2-5,9-12H,1,6-8,13-22H2. The lowest BCUT2D eigenvalue weighted by Gasteiger charge is -2.42. The number of piperidine rings is 1. The Morgan fingerprint density at radius 3 is 2.22 bits per heavy atom. The second-order valence-corrected chi connectivity index (χ2v) is 12.1. The average Bonchev–Trinajstić information content (AvgIpc) is 3.08. The van der Waals surface area contributed by atoms with Crippen LogP contribution in [0.25, 0.3) is 0 Å². The molecule has 37 heavy (non-hydrogen) atoms. The molecule has 6 rings (SSSR count). The van der Waals surface area contributed by atoms with Gasteiger partial charge in [0.05, 0.1) is 5.69 Å². The Morgan fingerprint density at radius 1 is 0.784 bits per heavy atom. The molecule has 1 saturated carbocycles. The van der Waals surface area contributed by atoms with Crippen LogP contribution < -0.4 is 0 Å². The highest BCUT2D eigenvalue weighted by Crippen LogP contribution is 2.45. The maximum absolute atomic E-state index is 12.9. The van der Waals surface area contributed by atoms with Gasteiger partial charge in [-0.1, -0.05) is 61.4 Å². The summed E-state index contributed by atoms with van der Waals surface area (Å²) in [7, 11) is 0. The lowest BCUT2D eigenvalue weighted by Crippen LogP contribution is -2.51. The zero-order chi connectivity index (χ0) is 25.2. The van der Waals surface area contributed by atoms with Crippen molar-refractivity contribution >= 4 is 35.1 Å². The van der Waals surface area contributed by atoms with Crippen molar-refractivity contribution in [2.75, 3.05) is 39.3 Å². The molecular formula is C30H36N4O2S. The number of para-hydroxylation sites is 1. The third-order valence-corrected chi connectivity index (χ3v) is 9.68. The number of hydrogen-bond acceptors (Lipinski definition) is 6. The van der Waals surface area contributed by atoms with Crippen LogP contribution in [0, 0.1) is 5.41 Å². The van der Waals surface area contributed by atoms with Gasteiger partial charge < -0.3 is 4.90 Å². The normalized spacial score (nSPS) is 21.9. The van der Waals surface area contributed by atoms with Crippen molar-refractivity contribution in [3.8, 4) is 0 Å². The second kappa shape index (κ2) is 10.6. The number of amidine groups is 1. The Labute approximate surface area is 224 Å². The highest BCUT2D eigenvalue weighted by Gasteiger charge is 2.43. The van der Waals surface area contributed by atoms with E-state index < -0.39 is 0 Å². The molecule has 3 heterocycles. The summed E-state index contributed by atoms with van der Waals surface area (Å²) in [4.78, 5) is 39.7. The van der Waals surface area contributed by atoms with Crippen LogP contribution in [0.3, 0.4) is 0 Å². The van der Waals surface area contributed by atoms with Gasteiger partial charge in [-0.2, -0.15) is 0 Å². The SMILES string of the molecule is O=C1CC2(CCCCC2)CC(=O)N1CCCN1CCN(C2=Nc3ccccc3Sc3ccccc32)CC1. The summed E-state index contributed by atoms with van der Waals surface area (Å²) in [6.45, 7) is 5.23. The molecule has 4 aliphatic rings. The van der Waals surface area contributed by atoms with Crippen LogP contribution in [0.15, 0.2) is 63.3 Å². The van der Waals surface area contributed by atoms with Crippen molar-refractivity contribution in [3.05, 3.63) is 54.1 Å². The summed E-state index contributed by atoms with van der Waals surface area (Å²) < 4.78 is 0. The van der Waals surface area contributed by atoms with E-state index in [2.05, 4.69) is 58.3 Å². The Bertz CT molecular complexity index is 1180. The van der Waals surface area contributed by atoms with Crippen molar-refractivity contribution in [2.24, 2.45) is 10.4 Å². The van der Waals surface area contributed by atoms with Crippen molar-refractivity contribution in [1.29, 1.82) is 0 Å². The van der Waals surface area contributed by atoms with Crippen molar-refractivity contribution in [2.45, 2.75) is 61.2 Å². The summed E-state index contributed by atoms with van der Waals surface area (Å²) in [5.74, 6) is 1.19. The van der Waals surface area contributed by atoms with Gasteiger partial charge in [0.2, 0.25) is 11.8 Å². The van der Waals surface area contributed by atoms with Crippen LogP contribution in [0.4, 0.5) is 5.69 Å². The monoisotopic (exact) mass is 516 g/mol. The van der Waals surface area contributed by atoms with Crippen molar-refractivity contribution in [1.82, 2.24) is 14.7 Å². The molecule has 2 aromatic carbocycles. The Balaban J connectivity index is 1.04. The fourth-order valence-corrected chi connectivity index (χ4v) is 7.50. The minimum absolute atomic E-state index is 0.0302. The van der Waals surface area contributed by atoms with Crippen LogP contribution in [-0.2, 0) is 9.59 Å². The number of hydrogen-bond donors (Lipinski definition) is 0. The van der Waals surface area contributed by atoms with E-state index in [1.165, 1.54) is 21.8 Å². The molecule has 0 atom stereocenters. The summed E-state index contributed by atoms with van der Waals surface area (Å²) in [6.07, 6.45) is 7.65. The van der Waals surface area contributed by atoms with E-state index in [0.29, 0.717) is 19.4 Å². The predicted molar refractivity (Wildman–Crippen MR) is 147 cm³/mol. The number of fused-ring (bicyclic) bond motifs is 2. The molecule has 1 aliphatic carbocycles. The van der Waals surface area contributed by atoms with Crippen molar-refractivity contribution in [3.63, 3.8) is 0 Å². The molecule has 6 nitrogen and oxygen atoms in total. The molecule has 2 amide bonds. The maximum atomic E-state index is 12.9. The molecule has 0 aromatic heterocycles. The number of rotatable bonds is 4. The molecule has 7 heteroatoms. The molecule has 0 N–H and O–H groups in total. The Kier molecular flexibility index (Phi) is 7.08. The van der Waals surface area contributed by atoms with Gasteiger partial charge in [0.25, 0.3) is 0 Å². The number of likely N-dealkylation sites (tertiary alicyclic amines) is 1. The van der Waals surface area contributed by atoms with Crippen LogP contribution in [0.1, 0.15) is 56.9 Å². The number of benzene rings is 2. The quantitative estimate of drug-likeness (QED) is 0.514. The van der Waals surface area contributed by atoms with E-state index in [1.807, 2.05) is 0 Å². The van der Waals surface area contributed by atoms with Crippen LogP contribution in [-0.4, -0.2) is 71.6 Å². The van der Waals surface area contributed by atoms with Gasteiger partial charge in [0.1, 0.15) is 5.84 Å². The van der Waals surface area contributed by atoms with E-state index in [0.717, 1.165) is 76.4 Å². The minimum atomic E-state index is -0.0302. The first-order valence-electron chi connectivity index (χ1n) is 13.9. The largest absolute Gasteiger partial charge is 0.354 e. The van der Waals surface area contributed by atoms with Crippen LogP contribution in [0.2, 0.25) is 0 Å². The van der Waals surface area contributed by atoms with Gasteiger partial charge in [-0.3, -0.25) is 19.4 Å². The Hall–Kier alpha value is -2.64. The maximum Gasteiger partial charge on any atom is 0.229 e. The fraction of sp³-hybridized carbons (Fsp3) is 0.500. The van der Waals surface area contributed by atoms with E-state index in [9.17, 15) is 9.59 Å². The number of carbonyl (C=O) groups is 2. The number of amides is 2. The van der Waals surface area contributed by atoms with Gasteiger partial charge >= 0.3 is 0 Å². The van der Waals surface area contributed by atoms with Crippen LogP contribution in [0.5, 0.6) is 0 Å². The number of piperazine rings is 1. The van der Waals surface area contributed by atoms with Gasteiger partial charge in [0, 0.05) is 60.9 Å². The summed E-state index contributed by atoms with van der Waals surface area (Å²) >= 11 is 1.79. The Morgan fingerprint density at radius 2 is 1.46 bits per heavy atom. The molecule has 0 unspecified atom stereocenters. The van der Waals surface area contributed by atoms with E-state index in [-0.39, 0.29) is 17.2 Å². The first kappa shape index (κ1) is 24.7. The molecule has 2 saturated heterocycles. The van der Waals surface area contributed by atoms with Gasteiger partial charge in [0.15, 0.2) is 0 Å². The molecule has 194 valence electrons. The number of nitrogens with zero attached hydrogens (tertiary/aromatic N) is 4. The number of aliphatic imine (C=N–C) groups is 1. The number of carbonyl (C=O) groups excluding carboxylic acids is 2. The smallest absolute Gasteiger partial charge is 0.229 e.